The smallest absolute Gasteiger partial charge is 0.266 e. The van der Waals surface area contributed by atoms with Crippen LogP contribution in [0.25, 0.3) is 6.08 Å². The van der Waals surface area contributed by atoms with Crippen LogP contribution in [-0.4, -0.2) is 5.91 Å². The minimum atomic E-state index is -0.515. The highest BCUT2D eigenvalue weighted by molar-refractivity contribution is 9.10. The van der Waals surface area contributed by atoms with Crippen molar-refractivity contribution in [2.45, 2.75) is 6.61 Å². The Hall–Kier alpha value is -2.49. The Kier molecular flexibility index (Phi) is 8.00. The first-order valence-corrected chi connectivity index (χ1v) is 10.8. The van der Waals surface area contributed by atoms with E-state index in [2.05, 4.69) is 21.2 Å². The third-order valence-corrected chi connectivity index (χ3v) is 5.54. The van der Waals surface area contributed by atoms with Crippen molar-refractivity contribution in [3.63, 3.8) is 0 Å². The highest BCUT2D eigenvalue weighted by atomic mass is 79.9. The van der Waals surface area contributed by atoms with Gasteiger partial charge in [0, 0.05) is 25.8 Å². The van der Waals surface area contributed by atoms with E-state index in [1.807, 2.05) is 6.07 Å². The zero-order valence-electron chi connectivity index (χ0n) is 15.8. The lowest BCUT2D eigenvalue weighted by atomic mass is 10.1. The predicted molar refractivity (Wildman–Crippen MR) is 129 cm³/mol. The van der Waals surface area contributed by atoms with E-state index in [4.69, 9.17) is 39.5 Å². The number of ether oxygens (including phenoxy) is 1. The fraction of sp³-hybridized carbons (Fsp3) is 0.0435. The number of benzene rings is 3. The van der Waals surface area contributed by atoms with Crippen LogP contribution in [0.3, 0.4) is 0 Å². The molecule has 31 heavy (non-hydrogen) atoms. The van der Waals surface area contributed by atoms with Crippen molar-refractivity contribution in [2.24, 2.45) is 0 Å². The van der Waals surface area contributed by atoms with E-state index in [1.54, 1.807) is 60.7 Å². The highest BCUT2D eigenvalue weighted by Crippen LogP contribution is 2.29. The van der Waals surface area contributed by atoms with Crippen LogP contribution in [0.1, 0.15) is 11.1 Å². The summed E-state index contributed by atoms with van der Waals surface area (Å²) in [6.07, 6.45) is 1.46. The molecule has 0 bridgehead atoms. The molecule has 3 aromatic rings. The summed E-state index contributed by atoms with van der Waals surface area (Å²) < 4.78 is 6.62. The minimum Gasteiger partial charge on any atom is -0.487 e. The maximum absolute atomic E-state index is 12.4. The minimum absolute atomic E-state index is 0.0550. The van der Waals surface area contributed by atoms with Gasteiger partial charge in [0.05, 0.1) is 5.02 Å². The monoisotopic (exact) mass is 534 g/mol. The van der Waals surface area contributed by atoms with Crippen LogP contribution in [0.4, 0.5) is 5.69 Å². The third kappa shape index (κ3) is 6.49. The Morgan fingerprint density at radius 2 is 1.77 bits per heavy atom. The number of hydrogen-bond donors (Lipinski definition) is 1. The van der Waals surface area contributed by atoms with Gasteiger partial charge in [0.15, 0.2) is 0 Å². The summed E-state index contributed by atoms with van der Waals surface area (Å²) in [6.45, 7) is 0.212. The van der Waals surface area contributed by atoms with E-state index in [-0.39, 0.29) is 12.2 Å². The van der Waals surface area contributed by atoms with Crippen LogP contribution < -0.4 is 10.1 Å². The zero-order valence-corrected chi connectivity index (χ0v) is 19.7. The lowest BCUT2D eigenvalue weighted by Crippen LogP contribution is -2.13. The summed E-state index contributed by atoms with van der Waals surface area (Å²) in [5, 5.41) is 13.5. The molecule has 8 heteroatoms. The predicted octanol–water partition coefficient (Wildman–Crippen LogP) is 7.53. The summed E-state index contributed by atoms with van der Waals surface area (Å²) in [5.74, 6) is -0.0682. The van der Waals surface area contributed by atoms with E-state index in [1.165, 1.54) is 6.08 Å². The number of amides is 1. The van der Waals surface area contributed by atoms with Crippen molar-refractivity contribution in [3.05, 3.63) is 96.9 Å². The first kappa shape index (κ1) is 23.2. The van der Waals surface area contributed by atoms with E-state index in [0.29, 0.717) is 32.1 Å². The molecule has 0 heterocycles. The van der Waals surface area contributed by atoms with E-state index in [0.717, 1.165) is 10.0 Å². The van der Waals surface area contributed by atoms with Crippen LogP contribution in [0.2, 0.25) is 15.1 Å². The molecule has 0 unspecified atom stereocenters. The number of carbonyl (C=O) groups excluding carboxylic acids is 1. The van der Waals surface area contributed by atoms with Crippen molar-refractivity contribution in [1.29, 1.82) is 5.26 Å². The molecular formula is C23H14BrCl3N2O2. The maximum Gasteiger partial charge on any atom is 0.266 e. The van der Waals surface area contributed by atoms with Crippen LogP contribution in [0.15, 0.2) is 70.7 Å². The number of carbonyl (C=O) groups is 1. The lowest BCUT2D eigenvalue weighted by Gasteiger charge is -2.10. The molecule has 0 aliphatic heterocycles. The second kappa shape index (κ2) is 10.7. The SMILES string of the molecule is N#C/C(=C\c1ccc(OCc2ccc(Cl)cc2Cl)c(Cl)c1)C(=O)Nc1ccc(Br)cc1. The number of hydrogen-bond acceptors (Lipinski definition) is 3. The third-order valence-electron chi connectivity index (χ3n) is 4.13. The van der Waals surface area contributed by atoms with Crippen molar-refractivity contribution in [2.75, 3.05) is 5.32 Å². The van der Waals surface area contributed by atoms with Gasteiger partial charge in [-0.2, -0.15) is 5.26 Å². The molecule has 4 nitrogen and oxygen atoms in total. The molecule has 0 aliphatic rings. The number of nitrogens with one attached hydrogen (secondary N) is 1. The molecular weight excluding hydrogens is 523 g/mol. The van der Waals surface area contributed by atoms with Crippen molar-refractivity contribution >= 4 is 68.4 Å². The van der Waals surface area contributed by atoms with Gasteiger partial charge in [0.25, 0.3) is 5.91 Å². The van der Waals surface area contributed by atoms with E-state index >= 15 is 0 Å². The lowest BCUT2D eigenvalue weighted by molar-refractivity contribution is -0.112. The van der Waals surface area contributed by atoms with Gasteiger partial charge >= 0.3 is 0 Å². The molecule has 3 rings (SSSR count). The van der Waals surface area contributed by atoms with Crippen molar-refractivity contribution in [1.82, 2.24) is 0 Å². The second-order valence-electron chi connectivity index (χ2n) is 6.35. The topological polar surface area (TPSA) is 62.1 Å². The van der Waals surface area contributed by atoms with E-state index in [9.17, 15) is 10.1 Å². The van der Waals surface area contributed by atoms with Crippen LogP contribution >= 0.6 is 50.7 Å². The Morgan fingerprint density at radius 3 is 2.42 bits per heavy atom. The van der Waals surface area contributed by atoms with Gasteiger partial charge in [0.2, 0.25) is 0 Å². The summed E-state index contributed by atoms with van der Waals surface area (Å²) in [7, 11) is 0. The van der Waals surface area contributed by atoms with E-state index < -0.39 is 5.91 Å². The second-order valence-corrected chi connectivity index (χ2v) is 8.51. The summed E-state index contributed by atoms with van der Waals surface area (Å²) in [4.78, 5) is 12.4. The molecule has 0 saturated heterocycles. The summed E-state index contributed by atoms with van der Waals surface area (Å²) >= 11 is 21.7. The fourth-order valence-corrected chi connectivity index (χ4v) is 3.54. The largest absolute Gasteiger partial charge is 0.487 e. The molecule has 0 aromatic heterocycles. The maximum atomic E-state index is 12.4. The molecule has 0 saturated carbocycles. The number of halogens is 4. The molecule has 1 N–H and O–H groups in total. The molecule has 0 aliphatic carbocycles. The van der Waals surface area contributed by atoms with Gasteiger partial charge in [-0.3, -0.25) is 4.79 Å². The first-order valence-electron chi connectivity index (χ1n) is 8.90. The van der Waals surface area contributed by atoms with Gasteiger partial charge in [-0.05, 0) is 60.2 Å². The molecule has 0 radical (unpaired) electrons. The average molecular weight is 537 g/mol. The van der Waals surface area contributed by atoms with Crippen molar-refractivity contribution < 1.29 is 9.53 Å². The molecule has 3 aromatic carbocycles. The molecule has 156 valence electrons. The number of anilines is 1. The quantitative estimate of drug-likeness (QED) is 0.262. The van der Waals surface area contributed by atoms with Crippen LogP contribution in [0.5, 0.6) is 5.75 Å². The number of nitrogens with zero attached hydrogens (tertiary/aromatic N) is 1. The fourth-order valence-electron chi connectivity index (χ4n) is 2.57. The van der Waals surface area contributed by atoms with Gasteiger partial charge in [-0.15, -0.1) is 0 Å². The summed E-state index contributed by atoms with van der Waals surface area (Å²) in [5.41, 5.74) is 1.88. The Labute approximate surface area is 203 Å². The first-order chi connectivity index (χ1) is 14.9. The van der Waals surface area contributed by atoms with Gasteiger partial charge < -0.3 is 10.1 Å². The molecule has 1 amide bonds. The standard InChI is InChI=1S/C23H14BrCl3N2O2/c24-17-3-6-19(7-4-17)29-23(30)16(12-28)9-14-1-8-22(21(27)10-14)31-13-15-2-5-18(25)11-20(15)26/h1-11H,13H2,(H,29,30)/b16-9+. The van der Waals surface area contributed by atoms with Gasteiger partial charge in [0.1, 0.15) is 24.0 Å². The summed E-state index contributed by atoms with van der Waals surface area (Å²) in [6, 6.07) is 19.1. The van der Waals surface area contributed by atoms with Gasteiger partial charge in [-0.1, -0.05) is 62.9 Å². The Bertz CT molecular complexity index is 1190. The van der Waals surface area contributed by atoms with Crippen molar-refractivity contribution in [3.8, 4) is 11.8 Å². The van der Waals surface area contributed by atoms with Crippen LogP contribution in [-0.2, 0) is 11.4 Å². The van der Waals surface area contributed by atoms with Gasteiger partial charge in [-0.25, -0.2) is 0 Å². The Balaban J connectivity index is 1.71. The zero-order chi connectivity index (χ0) is 22.4. The molecule has 0 atom stereocenters. The molecule has 0 spiro atoms. The molecule has 0 fully saturated rings. The van der Waals surface area contributed by atoms with Crippen LogP contribution in [0, 0.1) is 11.3 Å². The highest BCUT2D eigenvalue weighted by Gasteiger charge is 2.11. The number of nitriles is 1. The normalized spacial score (nSPS) is 11.0. The Morgan fingerprint density at radius 1 is 1.03 bits per heavy atom. The average Bonchev–Trinajstić information content (AvgIpc) is 2.74. The number of rotatable bonds is 6.